The summed E-state index contributed by atoms with van der Waals surface area (Å²) in [5.41, 5.74) is 1.52. The van der Waals surface area contributed by atoms with Gasteiger partial charge in [-0.25, -0.2) is 9.78 Å². The Bertz CT molecular complexity index is 404. The second-order valence-electron chi connectivity index (χ2n) is 3.01. The van der Waals surface area contributed by atoms with Crippen molar-refractivity contribution >= 4 is 17.6 Å². The number of carbonyl (C=O) groups excluding carboxylic acids is 1. The fourth-order valence-electron chi connectivity index (χ4n) is 1.29. The van der Waals surface area contributed by atoms with Crippen molar-refractivity contribution in [1.29, 1.82) is 0 Å². The second kappa shape index (κ2) is 4.49. The predicted octanol–water partition coefficient (Wildman–Crippen LogP) is 2.15. The van der Waals surface area contributed by atoms with Crippen LogP contribution >= 0.6 is 11.6 Å². The zero-order chi connectivity index (χ0) is 11.6. The molecule has 0 aliphatic rings. The van der Waals surface area contributed by atoms with Crippen LogP contribution in [0.4, 0.5) is 0 Å². The van der Waals surface area contributed by atoms with Crippen LogP contribution in [0.5, 0.6) is 5.88 Å². The number of esters is 1. The summed E-state index contributed by atoms with van der Waals surface area (Å²) in [6, 6.07) is 0. The maximum Gasteiger partial charge on any atom is 0.343 e. The first-order valence-corrected chi connectivity index (χ1v) is 4.69. The van der Waals surface area contributed by atoms with Crippen LogP contribution in [0.25, 0.3) is 0 Å². The van der Waals surface area contributed by atoms with Crippen LogP contribution < -0.4 is 4.74 Å². The molecule has 0 saturated heterocycles. The summed E-state index contributed by atoms with van der Waals surface area (Å²) >= 11 is 5.99. The highest BCUT2D eigenvalue weighted by atomic mass is 35.5. The number of hydrogen-bond donors (Lipinski definition) is 0. The van der Waals surface area contributed by atoms with Gasteiger partial charge in [0.15, 0.2) is 0 Å². The van der Waals surface area contributed by atoms with Gasteiger partial charge >= 0.3 is 5.97 Å². The molecule has 1 rings (SSSR count). The van der Waals surface area contributed by atoms with Crippen LogP contribution in [0.3, 0.4) is 0 Å². The number of pyridine rings is 1. The average molecular weight is 230 g/mol. The van der Waals surface area contributed by atoms with E-state index >= 15 is 0 Å². The van der Waals surface area contributed by atoms with Gasteiger partial charge in [-0.15, -0.1) is 0 Å². The predicted molar refractivity (Wildman–Crippen MR) is 56.6 cm³/mol. The van der Waals surface area contributed by atoms with Gasteiger partial charge < -0.3 is 9.47 Å². The fraction of sp³-hybridized carbons (Fsp3) is 0.400. The van der Waals surface area contributed by atoms with Crippen molar-refractivity contribution in [1.82, 2.24) is 4.98 Å². The summed E-state index contributed by atoms with van der Waals surface area (Å²) in [6.07, 6.45) is 0. The molecule has 0 N–H and O–H groups in total. The number of methoxy groups -OCH3 is 2. The number of carbonyl (C=O) groups is 1. The molecule has 5 heteroatoms. The van der Waals surface area contributed by atoms with Gasteiger partial charge in [0.1, 0.15) is 5.56 Å². The Balaban J connectivity index is 3.47. The van der Waals surface area contributed by atoms with Gasteiger partial charge in [-0.3, -0.25) is 0 Å². The third-order valence-corrected chi connectivity index (χ3v) is 2.64. The van der Waals surface area contributed by atoms with Crippen molar-refractivity contribution < 1.29 is 14.3 Å². The molecule has 1 heterocycles. The number of hydrogen-bond acceptors (Lipinski definition) is 4. The van der Waals surface area contributed by atoms with E-state index in [-0.39, 0.29) is 11.4 Å². The average Bonchev–Trinajstić information content (AvgIpc) is 2.24. The van der Waals surface area contributed by atoms with Crippen molar-refractivity contribution in [2.24, 2.45) is 0 Å². The minimum atomic E-state index is -0.501. The molecule has 0 amide bonds. The number of aryl methyl sites for hydroxylation is 1. The number of nitrogens with zero attached hydrogens (tertiary/aromatic N) is 1. The van der Waals surface area contributed by atoms with Gasteiger partial charge in [0.05, 0.1) is 24.9 Å². The Kier molecular flexibility index (Phi) is 3.52. The minimum Gasteiger partial charge on any atom is -0.480 e. The highest BCUT2D eigenvalue weighted by molar-refractivity contribution is 6.32. The maximum absolute atomic E-state index is 11.5. The Morgan fingerprint density at radius 1 is 1.33 bits per heavy atom. The molecule has 0 aliphatic heterocycles. The van der Waals surface area contributed by atoms with Crippen molar-refractivity contribution in [2.75, 3.05) is 14.2 Å². The van der Waals surface area contributed by atoms with Crippen LogP contribution in [0.2, 0.25) is 5.02 Å². The lowest BCUT2D eigenvalue weighted by molar-refractivity contribution is 0.0595. The molecule has 1 aromatic rings. The van der Waals surface area contributed by atoms with Crippen LogP contribution in [0, 0.1) is 13.8 Å². The van der Waals surface area contributed by atoms with Crippen molar-refractivity contribution in [3.05, 3.63) is 21.8 Å². The van der Waals surface area contributed by atoms with E-state index in [4.69, 9.17) is 16.3 Å². The quantitative estimate of drug-likeness (QED) is 0.729. The van der Waals surface area contributed by atoms with Crippen LogP contribution in [-0.4, -0.2) is 25.2 Å². The molecule has 0 bridgehead atoms. The van der Waals surface area contributed by atoms with Gasteiger partial charge in [0.2, 0.25) is 5.88 Å². The molecule has 82 valence electrons. The number of ether oxygens (including phenoxy) is 2. The zero-order valence-corrected chi connectivity index (χ0v) is 9.81. The molecule has 0 unspecified atom stereocenters. The first-order chi connectivity index (χ1) is 7.02. The molecule has 0 spiro atoms. The van der Waals surface area contributed by atoms with E-state index in [9.17, 15) is 4.79 Å². The third-order valence-electron chi connectivity index (χ3n) is 2.09. The highest BCUT2D eigenvalue weighted by Gasteiger charge is 2.21. The smallest absolute Gasteiger partial charge is 0.343 e. The molecule has 15 heavy (non-hydrogen) atoms. The van der Waals surface area contributed by atoms with Crippen LogP contribution in [-0.2, 0) is 4.74 Å². The van der Waals surface area contributed by atoms with Crippen molar-refractivity contribution in [3.8, 4) is 5.88 Å². The molecule has 1 aromatic heterocycles. The molecule has 0 radical (unpaired) electrons. The summed E-state index contributed by atoms with van der Waals surface area (Å²) in [5, 5.41) is 0.455. The fourth-order valence-corrected chi connectivity index (χ4v) is 1.43. The minimum absolute atomic E-state index is 0.237. The first-order valence-electron chi connectivity index (χ1n) is 4.32. The number of aromatic nitrogens is 1. The normalized spacial score (nSPS) is 9.93. The van der Waals surface area contributed by atoms with E-state index in [0.29, 0.717) is 16.3 Å². The lowest BCUT2D eigenvalue weighted by atomic mass is 10.1. The maximum atomic E-state index is 11.5. The number of halogens is 1. The Labute approximate surface area is 93.2 Å². The molecule has 0 aliphatic carbocycles. The van der Waals surface area contributed by atoms with E-state index in [0.717, 1.165) is 0 Å². The second-order valence-corrected chi connectivity index (χ2v) is 3.39. The van der Waals surface area contributed by atoms with E-state index in [2.05, 4.69) is 9.72 Å². The van der Waals surface area contributed by atoms with Gasteiger partial charge in [-0.1, -0.05) is 11.6 Å². The summed E-state index contributed by atoms with van der Waals surface area (Å²) in [7, 11) is 2.75. The van der Waals surface area contributed by atoms with Gasteiger partial charge in [-0.05, 0) is 19.4 Å². The molecule has 0 fully saturated rings. The summed E-state index contributed by atoms with van der Waals surface area (Å²) in [4.78, 5) is 15.5. The molecule has 0 atom stereocenters. The monoisotopic (exact) mass is 229 g/mol. The summed E-state index contributed by atoms with van der Waals surface area (Å²) in [6.45, 7) is 3.48. The third kappa shape index (κ3) is 2.04. The Morgan fingerprint density at radius 2 is 1.93 bits per heavy atom. The molecular formula is C10H12ClNO3. The van der Waals surface area contributed by atoms with E-state index < -0.39 is 5.97 Å². The Morgan fingerprint density at radius 3 is 2.40 bits per heavy atom. The van der Waals surface area contributed by atoms with Gasteiger partial charge in [-0.2, -0.15) is 0 Å². The SMILES string of the molecule is COC(=O)c1c(OC)nc(C)c(Cl)c1C. The van der Waals surface area contributed by atoms with E-state index in [1.807, 2.05) is 0 Å². The Hall–Kier alpha value is -1.29. The topological polar surface area (TPSA) is 48.4 Å². The van der Waals surface area contributed by atoms with Gasteiger partial charge in [0, 0.05) is 0 Å². The molecular weight excluding hydrogens is 218 g/mol. The molecule has 0 saturated carbocycles. The summed E-state index contributed by atoms with van der Waals surface area (Å²) in [5.74, 6) is -0.264. The van der Waals surface area contributed by atoms with Crippen LogP contribution in [0.1, 0.15) is 21.6 Å². The lowest BCUT2D eigenvalue weighted by Gasteiger charge is -2.11. The van der Waals surface area contributed by atoms with Crippen molar-refractivity contribution in [2.45, 2.75) is 13.8 Å². The largest absolute Gasteiger partial charge is 0.480 e. The molecule has 4 nitrogen and oxygen atoms in total. The van der Waals surface area contributed by atoms with E-state index in [1.165, 1.54) is 14.2 Å². The standard InChI is InChI=1S/C10H12ClNO3/c1-5-7(10(13)15-4)9(14-3)12-6(2)8(5)11/h1-4H3. The summed E-state index contributed by atoms with van der Waals surface area (Å²) < 4.78 is 9.65. The highest BCUT2D eigenvalue weighted by Crippen LogP contribution is 2.28. The first kappa shape index (κ1) is 11.8. The van der Waals surface area contributed by atoms with Crippen LogP contribution in [0.15, 0.2) is 0 Å². The van der Waals surface area contributed by atoms with E-state index in [1.54, 1.807) is 13.8 Å². The lowest BCUT2D eigenvalue weighted by Crippen LogP contribution is -2.09. The van der Waals surface area contributed by atoms with Gasteiger partial charge in [0.25, 0.3) is 0 Å². The zero-order valence-electron chi connectivity index (χ0n) is 9.05. The number of rotatable bonds is 2. The van der Waals surface area contributed by atoms with Crippen molar-refractivity contribution in [3.63, 3.8) is 0 Å². The molecule has 0 aromatic carbocycles.